The van der Waals surface area contributed by atoms with Gasteiger partial charge in [-0.1, -0.05) is 48.9 Å². The molecule has 2 aromatic rings. The van der Waals surface area contributed by atoms with Gasteiger partial charge in [0.15, 0.2) is 0 Å². The van der Waals surface area contributed by atoms with Gasteiger partial charge in [-0.2, -0.15) is 0 Å². The third kappa shape index (κ3) is 4.17. The monoisotopic (exact) mass is 283 g/mol. The maximum atomic E-state index is 10.8. The average Bonchev–Trinajstić information content (AvgIpc) is 2.50. The molecule has 1 unspecified atom stereocenters. The molecular weight excluding hydrogens is 262 g/mol. The van der Waals surface area contributed by atoms with E-state index in [9.17, 15) is 4.79 Å². The molecule has 0 aliphatic carbocycles. The molecule has 0 aromatic heterocycles. The van der Waals surface area contributed by atoms with Crippen LogP contribution in [0.3, 0.4) is 0 Å². The molecule has 0 spiro atoms. The summed E-state index contributed by atoms with van der Waals surface area (Å²) in [6.07, 6.45) is 1.01. The number of carboxylic acids is 1. The summed E-state index contributed by atoms with van der Waals surface area (Å²) in [5, 5.41) is 12.4. The fourth-order valence-corrected chi connectivity index (χ4v) is 2.30. The first-order valence-electron chi connectivity index (χ1n) is 7.22. The Kier molecular flexibility index (Phi) is 5.12. The first kappa shape index (κ1) is 15.3. The number of carboxylic acid groups (broad SMARTS) is 1. The average molecular weight is 283 g/mol. The van der Waals surface area contributed by atoms with E-state index in [-0.39, 0.29) is 0 Å². The molecule has 0 amide bonds. The van der Waals surface area contributed by atoms with Gasteiger partial charge in [0.05, 0.1) is 5.56 Å². The van der Waals surface area contributed by atoms with Gasteiger partial charge >= 0.3 is 5.97 Å². The largest absolute Gasteiger partial charge is 0.478 e. The van der Waals surface area contributed by atoms with Crippen LogP contribution in [0.2, 0.25) is 0 Å². The lowest BCUT2D eigenvalue weighted by Gasteiger charge is -2.18. The van der Waals surface area contributed by atoms with Crippen molar-refractivity contribution in [1.82, 2.24) is 5.32 Å². The molecule has 0 heterocycles. The molecule has 3 nitrogen and oxygen atoms in total. The highest BCUT2D eigenvalue weighted by atomic mass is 16.4. The van der Waals surface area contributed by atoms with Gasteiger partial charge in [0.25, 0.3) is 0 Å². The van der Waals surface area contributed by atoms with Crippen molar-refractivity contribution < 1.29 is 9.90 Å². The van der Waals surface area contributed by atoms with E-state index in [1.165, 1.54) is 11.1 Å². The smallest absolute Gasteiger partial charge is 0.335 e. The number of aromatic carboxylic acids is 1. The molecule has 0 fully saturated rings. The topological polar surface area (TPSA) is 49.3 Å². The van der Waals surface area contributed by atoms with Gasteiger partial charge in [0.1, 0.15) is 0 Å². The van der Waals surface area contributed by atoms with Gasteiger partial charge < -0.3 is 10.4 Å². The zero-order chi connectivity index (χ0) is 15.2. The molecule has 0 aliphatic heterocycles. The maximum Gasteiger partial charge on any atom is 0.335 e. The summed E-state index contributed by atoms with van der Waals surface area (Å²) < 4.78 is 0. The van der Waals surface area contributed by atoms with Crippen molar-refractivity contribution in [2.45, 2.75) is 32.9 Å². The number of benzene rings is 2. The highest BCUT2D eigenvalue weighted by Gasteiger charge is 2.08. The third-order valence-electron chi connectivity index (χ3n) is 3.64. The molecule has 2 aromatic carbocycles. The van der Waals surface area contributed by atoms with Crippen molar-refractivity contribution in [3.05, 3.63) is 70.8 Å². The Morgan fingerprint density at radius 1 is 1.10 bits per heavy atom. The van der Waals surface area contributed by atoms with Gasteiger partial charge in [0, 0.05) is 12.6 Å². The molecule has 110 valence electrons. The van der Waals surface area contributed by atoms with Crippen LogP contribution in [-0.4, -0.2) is 11.1 Å². The standard InChI is InChI=1S/C18H21NO2/c1-3-17(15-8-4-13(2)5-9-15)19-12-14-6-10-16(11-7-14)18(20)21/h4-11,17,19H,3,12H2,1-2H3,(H,20,21). The van der Waals surface area contributed by atoms with Crippen LogP contribution in [0.15, 0.2) is 48.5 Å². The van der Waals surface area contributed by atoms with E-state index in [1.807, 2.05) is 12.1 Å². The molecule has 3 heteroatoms. The zero-order valence-corrected chi connectivity index (χ0v) is 12.5. The van der Waals surface area contributed by atoms with Gasteiger partial charge in [-0.25, -0.2) is 4.79 Å². The molecule has 21 heavy (non-hydrogen) atoms. The van der Waals surface area contributed by atoms with Crippen LogP contribution < -0.4 is 5.32 Å². The van der Waals surface area contributed by atoms with E-state index < -0.39 is 5.97 Å². The van der Waals surface area contributed by atoms with Crippen molar-refractivity contribution in [2.24, 2.45) is 0 Å². The van der Waals surface area contributed by atoms with Gasteiger partial charge in [0.2, 0.25) is 0 Å². The van der Waals surface area contributed by atoms with Crippen LogP contribution in [0, 0.1) is 6.92 Å². The van der Waals surface area contributed by atoms with Crippen LogP contribution >= 0.6 is 0 Å². The summed E-state index contributed by atoms with van der Waals surface area (Å²) in [5.74, 6) is -0.888. The predicted molar refractivity (Wildman–Crippen MR) is 84.5 cm³/mol. The lowest BCUT2D eigenvalue weighted by molar-refractivity contribution is 0.0697. The normalized spacial score (nSPS) is 12.1. The van der Waals surface area contributed by atoms with Gasteiger partial charge in [-0.3, -0.25) is 0 Å². The summed E-state index contributed by atoms with van der Waals surface area (Å²) in [4.78, 5) is 10.8. The third-order valence-corrected chi connectivity index (χ3v) is 3.64. The van der Waals surface area contributed by atoms with Crippen LogP contribution in [-0.2, 0) is 6.54 Å². The number of carbonyl (C=O) groups is 1. The molecule has 0 radical (unpaired) electrons. The Balaban J connectivity index is 1.99. The van der Waals surface area contributed by atoms with Crippen molar-refractivity contribution in [3.8, 4) is 0 Å². The van der Waals surface area contributed by atoms with Crippen LogP contribution in [0.1, 0.15) is 46.4 Å². The number of aryl methyl sites for hydroxylation is 1. The fraction of sp³-hybridized carbons (Fsp3) is 0.278. The minimum Gasteiger partial charge on any atom is -0.478 e. The summed E-state index contributed by atoms with van der Waals surface area (Å²) >= 11 is 0. The minimum atomic E-state index is -0.888. The Morgan fingerprint density at radius 3 is 2.24 bits per heavy atom. The van der Waals surface area contributed by atoms with E-state index in [0.29, 0.717) is 11.6 Å². The predicted octanol–water partition coefficient (Wildman–Crippen LogP) is 3.93. The lowest BCUT2D eigenvalue weighted by atomic mass is 10.0. The quantitative estimate of drug-likeness (QED) is 0.844. The zero-order valence-electron chi connectivity index (χ0n) is 12.5. The number of nitrogens with one attached hydrogen (secondary N) is 1. The van der Waals surface area contributed by atoms with Crippen LogP contribution in [0.5, 0.6) is 0 Å². The summed E-state index contributed by atoms with van der Waals surface area (Å²) in [6.45, 7) is 4.97. The van der Waals surface area contributed by atoms with Crippen LogP contribution in [0.4, 0.5) is 0 Å². The maximum absolute atomic E-state index is 10.8. The van der Waals surface area contributed by atoms with E-state index in [4.69, 9.17) is 5.11 Å². The van der Waals surface area contributed by atoms with E-state index in [1.54, 1.807) is 12.1 Å². The van der Waals surface area contributed by atoms with Crippen molar-refractivity contribution in [2.75, 3.05) is 0 Å². The molecule has 0 saturated heterocycles. The fourth-order valence-electron chi connectivity index (χ4n) is 2.30. The molecule has 0 saturated carbocycles. The van der Waals surface area contributed by atoms with Crippen LogP contribution in [0.25, 0.3) is 0 Å². The minimum absolute atomic E-state index is 0.310. The Hall–Kier alpha value is -2.13. The Morgan fingerprint density at radius 2 is 1.71 bits per heavy atom. The second-order valence-electron chi connectivity index (χ2n) is 5.25. The highest BCUT2D eigenvalue weighted by molar-refractivity contribution is 5.87. The van der Waals surface area contributed by atoms with Crippen molar-refractivity contribution in [3.63, 3.8) is 0 Å². The first-order valence-corrected chi connectivity index (χ1v) is 7.22. The molecule has 2 N–H and O–H groups in total. The van der Waals surface area contributed by atoms with Crippen molar-refractivity contribution >= 4 is 5.97 Å². The van der Waals surface area contributed by atoms with Crippen molar-refractivity contribution in [1.29, 1.82) is 0 Å². The molecule has 2 rings (SSSR count). The Labute approximate surface area is 125 Å². The number of hydrogen-bond donors (Lipinski definition) is 2. The Bertz CT molecular complexity index is 588. The van der Waals surface area contributed by atoms with Gasteiger partial charge in [-0.05, 0) is 36.6 Å². The lowest BCUT2D eigenvalue weighted by Crippen LogP contribution is -2.20. The van der Waals surface area contributed by atoms with E-state index in [2.05, 4.69) is 43.4 Å². The van der Waals surface area contributed by atoms with E-state index >= 15 is 0 Å². The molecule has 0 aliphatic rings. The summed E-state index contributed by atoms with van der Waals surface area (Å²) in [5.41, 5.74) is 3.96. The second kappa shape index (κ2) is 7.04. The first-order chi connectivity index (χ1) is 10.1. The van der Waals surface area contributed by atoms with Gasteiger partial charge in [-0.15, -0.1) is 0 Å². The number of rotatable bonds is 6. The SMILES string of the molecule is CCC(NCc1ccc(C(=O)O)cc1)c1ccc(C)cc1. The number of hydrogen-bond acceptors (Lipinski definition) is 2. The molecular formula is C18H21NO2. The second-order valence-corrected chi connectivity index (χ2v) is 5.25. The summed E-state index contributed by atoms with van der Waals surface area (Å²) in [7, 11) is 0. The highest BCUT2D eigenvalue weighted by Crippen LogP contribution is 2.18. The summed E-state index contributed by atoms with van der Waals surface area (Å²) in [6, 6.07) is 15.9. The molecule has 1 atom stereocenters. The van der Waals surface area contributed by atoms with E-state index in [0.717, 1.165) is 18.5 Å². The molecule has 0 bridgehead atoms.